The molecule has 2 aliphatic carbocycles. The first-order valence-corrected chi connectivity index (χ1v) is 14.4. The second-order valence-corrected chi connectivity index (χ2v) is 11.6. The smallest absolute Gasteiger partial charge is 0.306 e. The molecule has 0 aliphatic heterocycles. The van der Waals surface area contributed by atoms with Gasteiger partial charge in [-0.25, -0.2) is 0 Å². The lowest BCUT2D eigenvalue weighted by molar-refractivity contribution is -0.142. The summed E-state index contributed by atoms with van der Waals surface area (Å²) in [5.74, 6) is 0.697. The average molecular weight is 541 g/mol. The predicted octanol–water partition coefficient (Wildman–Crippen LogP) is 6.99. The lowest BCUT2D eigenvalue weighted by Gasteiger charge is -2.18. The average Bonchev–Trinajstić information content (AvgIpc) is 3.63. The Morgan fingerprint density at radius 1 is 0.950 bits per heavy atom. The quantitative estimate of drug-likeness (QED) is 0.205. The minimum atomic E-state index is -0.297. The first-order chi connectivity index (χ1) is 19.2. The van der Waals surface area contributed by atoms with E-state index in [1.54, 1.807) is 0 Å². The standard InChI is InChI=1S/C35H40O5/c1-22-17-29(40-16-15-39-25(4)36)18-23(2)34(22)30-8-6-7-27(24(30)3)11-9-26-10-12-31-28(19-26)21-35(13-14-35)32(31)20-33(37)38-5/h6-8,10,12,17-19,32H,9,11,13-16,20-21H2,1-5H3. The number of methoxy groups -OCH3 is 1. The molecule has 0 saturated heterocycles. The van der Waals surface area contributed by atoms with Gasteiger partial charge in [-0.3, -0.25) is 9.59 Å². The molecule has 0 amide bonds. The SMILES string of the molecule is COC(=O)CC1c2ccc(CCc3cccc(-c4c(C)cc(OCCOC(C)=O)cc4C)c3C)cc2CC12CC2. The number of carbonyl (C=O) groups excluding carboxylic acids is 2. The van der Waals surface area contributed by atoms with Crippen LogP contribution in [0.25, 0.3) is 11.1 Å². The van der Waals surface area contributed by atoms with Crippen LogP contribution in [0.15, 0.2) is 48.5 Å². The van der Waals surface area contributed by atoms with E-state index in [0.29, 0.717) is 24.4 Å². The van der Waals surface area contributed by atoms with E-state index in [0.717, 1.165) is 36.1 Å². The van der Waals surface area contributed by atoms with E-state index < -0.39 is 0 Å². The van der Waals surface area contributed by atoms with Crippen molar-refractivity contribution < 1.29 is 23.8 Å². The molecule has 3 aromatic carbocycles. The van der Waals surface area contributed by atoms with Gasteiger partial charge >= 0.3 is 11.9 Å². The van der Waals surface area contributed by atoms with Crippen LogP contribution in [-0.2, 0) is 38.3 Å². The van der Waals surface area contributed by atoms with Crippen molar-refractivity contribution in [3.63, 3.8) is 0 Å². The molecule has 40 heavy (non-hydrogen) atoms. The van der Waals surface area contributed by atoms with Crippen LogP contribution in [0.2, 0.25) is 0 Å². The van der Waals surface area contributed by atoms with Crippen LogP contribution in [0.1, 0.15) is 71.0 Å². The topological polar surface area (TPSA) is 61.8 Å². The molecular formula is C35H40O5. The van der Waals surface area contributed by atoms with Crippen LogP contribution < -0.4 is 4.74 Å². The van der Waals surface area contributed by atoms with E-state index in [1.165, 1.54) is 65.8 Å². The van der Waals surface area contributed by atoms with Gasteiger partial charge in [-0.05, 0) is 120 Å². The number of hydrogen-bond donors (Lipinski definition) is 0. The molecule has 5 heteroatoms. The van der Waals surface area contributed by atoms with Gasteiger partial charge in [0.15, 0.2) is 0 Å². The van der Waals surface area contributed by atoms with Crippen LogP contribution in [0, 0.1) is 26.2 Å². The highest BCUT2D eigenvalue weighted by atomic mass is 16.6. The van der Waals surface area contributed by atoms with Crippen molar-refractivity contribution in [3.05, 3.63) is 87.5 Å². The molecule has 1 saturated carbocycles. The maximum absolute atomic E-state index is 12.1. The predicted molar refractivity (Wildman–Crippen MR) is 157 cm³/mol. The number of hydrogen-bond acceptors (Lipinski definition) is 5. The van der Waals surface area contributed by atoms with Crippen molar-refractivity contribution >= 4 is 11.9 Å². The van der Waals surface area contributed by atoms with Crippen LogP contribution in [-0.4, -0.2) is 32.3 Å². The van der Waals surface area contributed by atoms with Crippen molar-refractivity contribution in [2.45, 2.75) is 72.1 Å². The zero-order valence-corrected chi connectivity index (χ0v) is 24.4. The summed E-state index contributed by atoms with van der Waals surface area (Å²) in [5.41, 5.74) is 11.9. The van der Waals surface area contributed by atoms with Crippen LogP contribution in [0.5, 0.6) is 5.75 Å². The zero-order valence-electron chi connectivity index (χ0n) is 24.4. The molecule has 0 radical (unpaired) electrons. The molecule has 0 N–H and O–H groups in total. The highest BCUT2D eigenvalue weighted by Gasteiger charge is 2.54. The second-order valence-electron chi connectivity index (χ2n) is 11.6. The molecule has 0 aromatic heterocycles. The molecule has 1 fully saturated rings. The highest BCUT2D eigenvalue weighted by Crippen LogP contribution is 2.64. The Morgan fingerprint density at radius 2 is 1.70 bits per heavy atom. The number of rotatable bonds is 10. The van der Waals surface area contributed by atoms with E-state index >= 15 is 0 Å². The summed E-state index contributed by atoms with van der Waals surface area (Å²) < 4.78 is 15.8. The molecule has 5 nitrogen and oxygen atoms in total. The molecule has 5 rings (SSSR count). The maximum atomic E-state index is 12.1. The summed E-state index contributed by atoms with van der Waals surface area (Å²) in [6.45, 7) is 8.45. The highest BCUT2D eigenvalue weighted by molar-refractivity contribution is 5.75. The third kappa shape index (κ3) is 5.79. The van der Waals surface area contributed by atoms with Gasteiger partial charge in [-0.15, -0.1) is 0 Å². The molecule has 210 valence electrons. The lowest BCUT2D eigenvalue weighted by Crippen LogP contribution is -2.14. The number of aryl methyl sites for hydroxylation is 4. The van der Waals surface area contributed by atoms with Gasteiger partial charge in [0.1, 0.15) is 19.0 Å². The zero-order chi connectivity index (χ0) is 28.4. The summed E-state index contributed by atoms with van der Waals surface area (Å²) in [4.78, 5) is 23.1. The Morgan fingerprint density at radius 3 is 2.38 bits per heavy atom. The van der Waals surface area contributed by atoms with Crippen LogP contribution >= 0.6 is 0 Å². The first kappa shape index (κ1) is 27.9. The van der Waals surface area contributed by atoms with Gasteiger partial charge < -0.3 is 14.2 Å². The molecule has 0 bridgehead atoms. The first-order valence-electron chi connectivity index (χ1n) is 14.4. The van der Waals surface area contributed by atoms with Gasteiger partial charge in [0, 0.05) is 12.8 Å². The van der Waals surface area contributed by atoms with Gasteiger partial charge in [0.2, 0.25) is 0 Å². The van der Waals surface area contributed by atoms with E-state index in [1.807, 2.05) is 0 Å². The van der Waals surface area contributed by atoms with Gasteiger partial charge in [-0.1, -0.05) is 36.4 Å². The van der Waals surface area contributed by atoms with E-state index in [9.17, 15) is 9.59 Å². The summed E-state index contributed by atoms with van der Waals surface area (Å²) in [5, 5.41) is 0. The van der Waals surface area contributed by atoms with Gasteiger partial charge in [-0.2, -0.15) is 0 Å². The van der Waals surface area contributed by atoms with Crippen molar-refractivity contribution in [2.75, 3.05) is 20.3 Å². The van der Waals surface area contributed by atoms with Gasteiger partial charge in [0.25, 0.3) is 0 Å². The number of ether oxygens (including phenoxy) is 3. The Balaban J connectivity index is 1.29. The van der Waals surface area contributed by atoms with E-state index in [2.05, 4.69) is 69.3 Å². The second kappa shape index (κ2) is 11.5. The number of esters is 2. The summed E-state index contributed by atoms with van der Waals surface area (Å²) in [6.07, 6.45) is 5.98. The fourth-order valence-corrected chi connectivity index (χ4v) is 6.68. The molecule has 1 atom stereocenters. The number of benzene rings is 3. The third-order valence-corrected chi connectivity index (χ3v) is 8.92. The number of fused-ring (bicyclic) bond motifs is 1. The molecule has 2 aliphatic rings. The summed E-state index contributed by atoms with van der Waals surface area (Å²) in [6, 6.07) is 17.7. The normalized spacial score (nSPS) is 16.5. The fourth-order valence-electron chi connectivity index (χ4n) is 6.68. The summed E-state index contributed by atoms with van der Waals surface area (Å²) in [7, 11) is 1.49. The minimum absolute atomic E-state index is 0.101. The molecule has 1 unspecified atom stereocenters. The summed E-state index contributed by atoms with van der Waals surface area (Å²) >= 11 is 0. The van der Waals surface area contributed by atoms with Gasteiger partial charge in [0.05, 0.1) is 13.5 Å². The lowest BCUT2D eigenvalue weighted by atomic mass is 9.86. The van der Waals surface area contributed by atoms with Crippen molar-refractivity contribution in [1.82, 2.24) is 0 Å². The van der Waals surface area contributed by atoms with Crippen LogP contribution in [0.3, 0.4) is 0 Å². The van der Waals surface area contributed by atoms with Crippen molar-refractivity contribution in [2.24, 2.45) is 5.41 Å². The Bertz CT molecular complexity index is 1410. The Kier molecular flexibility index (Phi) is 8.02. The Labute approximate surface area is 237 Å². The fraction of sp³-hybridized carbons (Fsp3) is 0.429. The van der Waals surface area contributed by atoms with E-state index in [4.69, 9.17) is 14.2 Å². The molecule has 3 aromatic rings. The number of carbonyl (C=O) groups is 2. The largest absolute Gasteiger partial charge is 0.490 e. The van der Waals surface area contributed by atoms with E-state index in [-0.39, 0.29) is 18.5 Å². The maximum Gasteiger partial charge on any atom is 0.306 e. The monoisotopic (exact) mass is 540 g/mol. The third-order valence-electron chi connectivity index (χ3n) is 8.92. The Hall–Kier alpha value is -3.60. The molecule has 1 spiro atoms. The van der Waals surface area contributed by atoms with Crippen molar-refractivity contribution in [3.8, 4) is 16.9 Å². The van der Waals surface area contributed by atoms with Crippen LogP contribution in [0.4, 0.5) is 0 Å². The minimum Gasteiger partial charge on any atom is -0.490 e. The molecular weight excluding hydrogens is 500 g/mol. The molecule has 0 heterocycles. The van der Waals surface area contributed by atoms with Crippen molar-refractivity contribution in [1.29, 1.82) is 0 Å².